The van der Waals surface area contributed by atoms with Crippen molar-refractivity contribution in [2.75, 3.05) is 25.4 Å². The number of nitrogens with one attached hydrogen (secondary N) is 1. The quantitative estimate of drug-likeness (QED) is 0.485. The Balaban J connectivity index is 1.67. The molecular weight excluding hydrogens is 382 g/mol. The maximum atomic E-state index is 12.9. The molecule has 156 valence electrons. The topological polar surface area (TPSA) is 104 Å². The highest BCUT2D eigenvalue weighted by atomic mass is 32.2. The summed E-state index contributed by atoms with van der Waals surface area (Å²) in [5.74, 6) is -1.38. The van der Waals surface area contributed by atoms with Crippen LogP contribution in [0.5, 0.6) is 0 Å². The third kappa shape index (κ3) is 4.15. The second kappa shape index (κ2) is 8.32. The molecule has 3 aliphatic rings. The number of rotatable bonds is 7. The molecule has 1 aliphatic carbocycles. The van der Waals surface area contributed by atoms with Gasteiger partial charge in [-0.15, -0.1) is 0 Å². The smallest absolute Gasteiger partial charge is 0.243 e. The molecule has 9 heteroatoms. The molecule has 1 N–H and O–H groups in total. The summed E-state index contributed by atoms with van der Waals surface area (Å²) in [6.45, 7) is 4.72. The van der Waals surface area contributed by atoms with Gasteiger partial charge in [-0.05, 0) is 31.6 Å². The van der Waals surface area contributed by atoms with Crippen LogP contribution in [0.1, 0.15) is 39.5 Å². The van der Waals surface area contributed by atoms with Crippen LogP contribution in [0.15, 0.2) is 12.2 Å². The van der Waals surface area contributed by atoms with Gasteiger partial charge >= 0.3 is 0 Å². The molecule has 0 radical (unpaired) electrons. The Morgan fingerprint density at radius 1 is 1.18 bits per heavy atom. The van der Waals surface area contributed by atoms with E-state index in [0.29, 0.717) is 32.2 Å². The van der Waals surface area contributed by atoms with Gasteiger partial charge in [-0.1, -0.05) is 26.0 Å². The lowest BCUT2D eigenvalue weighted by atomic mass is 9.85. The second-order valence-electron chi connectivity index (χ2n) is 8.21. The molecule has 0 bridgehead atoms. The van der Waals surface area contributed by atoms with Crippen LogP contribution < -0.4 is 5.32 Å². The molecule has 0 unspecified atom stereocenters. The Labute approximate surface area is 166 Å². The van der Waals surface area contributed by atoms with Crippen molar-refractivity contribution in [3.8, 4) is 0 Å². The van der Waals surface area contributed by atoms with E-state index in [1.54, 1.807) is 0 Å². The fourth-order valence-electron chi connectivity index (χ4n) is 4.27. The van der Waals surface area contributed by atoms with Crippen molar-refractivity contribution in [3.63, 3.8) is 0 Å². The van der Waals surface area contributed by atoms with E-state index in [2.05, 4.69) is 5.32 Å². The van der Waals surface area contributed by atoms with E-state index >= 15 is 0 Å². The van der Waals surface area contributed by atoms with Crippen molar-refractivity contribution in [3.05, 3.63) is 12.2 Å². The van der Waals surface area contributed by atoms with Crippen LogP contribution in [-0.2, 0) is 24.4 Å². The Morgan fingerprint density at radius 2 is 1.79 bits per heavy atom. The first kappa shape index (κ1) is 21.0. The molecule has 28 heavy (non-hydrogen) atoms. The van der Waals surface area contributed by atoms with E-state index in [9.17, 15) is 22.8 Å². The van der Waals surface area contributed by atoms with E-state index in [4.69, 9.17) is 0 Å². The number of carbonyl (C=O) groups excluding carboxylic acids is 3. The molecule has 8 nitrogen and oxygen atoms in total. The first-order valence-corrected chi connectivity index (χ1v) is 11.6. The Kier molecular flexibility index (Phi) is 6.24. The number of imide groups is 1. The normalized spacial score (nSPS) is 28.0. The predicted molar refractivity (Wildman–Crippen MR) is 103 cm³/mol. The Bertz CT molecular complexity index is 750. The highest BCUT2D eigenvalue weighted by Crippen LogP contribution is 2.37. The molecule has 3 rings (SSSR count). The highest BCUT2D eigenvalue weighted by molar-refractivity contribution is 7.89. The van der Waals surface area contributed by atoms with Crippen molar-refractivity contribution in [2.24, 2.45) is 17.8 Å². The van der Waals surface area contributed by atoms with Crippen LogP contribution in [0, 0.1) is 17.8 Å². The molecule has 0 spiro atoms. The average Bonchev–Trinajstić information content (AvgIpc) is 3.10. The molecule has 0 aromatic rings. The number of amides is 3. The van der Waals surface area contributed by atoms with Gasteiger partial charge in [0, 0.05) is 19.6 Å². The largest absolute Gasteiger partial charge is 0.353 e. The number of sulfonamides is 1. The summed E-state index contributed by atoms with van der Waals surface area (Å²) in [6, 6.07) is -0.846. The van der Waals surface area contributed by atoms with Crippen molar-refractivity contribution in [1.29, 1.82) is 0 Å². The molecule has 2 heterocycles. The fraction of sp³-hybridized carbons (Fsp3) is 0.737. The summed E-state index contributed by atoms with van der Waals surface area (Å²) >= 11 is 0. The lowest BCUT2D eigenvalue weighted by Gasteiger charge is -2.27. The molecule has 2 aliphatic heterocycles. The minimum Gasteiger partial charge on any atom is -0.353 e. The molecule has 3 amide bonds. The van der Waals surface area contributed by atoms with Crippen LogP contribution in [0.25, 0.3) is 0 Å². The van der Waals surface area contributed by atoms with Crippen LogP contribution in [-0.4, -0.2) is 66.8 Å². The zero-order chi connectivity index (χ0) is 20.5. The molecule has 0 saturated carbocycles. The number of carbonyl (C=O) groups is 3. The zero-order valence-electron chi connectivity index (χ0n) is 16.5. The van der Waals surface area contributed by atoms with Crippen LogP contribution in [0.3, 0.4) is 0 Å². The average molecular weight is 412 g/mol. The van der Waals surface area contributed by atoms with Crippen LogP contribution in [0.4, 0.5) is 0 Å². The number of hydrogen-bond donors (Lipinski definition) is 1. The highest BCUT2D eigenvalue weighted by Gasteiger charge is 2.51. The fourth-order valence-corrected chi connectivity index (χ4v) is 5.80. The number of hydrogen-bond acceptors (Lipinski definition) is 5. The maximum absolute atomic E-state index is 12.9. The maximum Gasteiger partial charge on any atom is 0.243 e. The third-order valence-electron chi connectivity index (χ3n) is 5.71. The molecule has 0 aromatic heterocycles. The van der Waals surface area contributed by atoms with Gasteiger partial charge in [-0.3, -0.25) is 19.3 Å². The van der Waals surface area contributed by atoms with E-state index in [1.807, 2.05) is 26.0 Å². The van der Waals surface area contributed by atoms with Gasteiger partial charge in [-0.2, -0.15) is 0 Å². The Hall–Kier alpha value is -1.74. The first-order valence-electron chi connectivity index (χ1n) is 10.00. The standard InChI is InChI=1S/C19H29N3O5S/c1-13(2)12-16(17(23)20-8-10-21-9-5-11-28(21,26)27)22-18(24)14-6-3-4-7-15(14)19(22)25/h3-4,13-16H,5-12H2,1-2H3,(H,20,23)/t14-,15-,16+/m0/s1. The zero-order valence-corrected chi connectivity index (χ0v) is 17.3. The van der Waals surface area contributed by atoms with E-state index in [1.165, 1.54) is 9.21 Å². The van der Waals surface area contributed by atoms with Crippen LogP contribution in [0.2, 0.25) is 0 Å². The Morgan fingerprint density at radius 3 is 2.29 bits per heavy atom. The number of fused-ring (bicyclic) bond motifs is 1. The summed E-state index contributed by atoms with van der Waals surface area (Å²) in [5, 5.41) is 2.75. The lowest BCUT2D eigenvalue weighted by molar-refractivity contribution is -0.148. The van der Waals surface area contributed by atoms with Gasteiger partial charge in [0.05, 0.1) is 17.6 Å². The number of nitrogens with zero attached hydrogens (tertiary/aromatic N) is 2. The van der Waals surface area contributed by atoms with Gasteiger partial charge in [0.25, 0.3) is 0 Å². The van der Waals surface area contributed by atoms with Gasteiger partial charge in [0.2, 0.25) is 27.7 Å². The SMILES string of the molecule is CC(C)C[C@H](C(=O)NCCN1CCCS1(=O)=O)N1C(=O)[C@H]2CC=CC[C@@H]2C1=O. The van der Waals surface area contributed by atoms with E-state index < -0.39 is 22.0 Å². The summed E-state index contributed by atoms with van der Waals surface area (Å²) in [6.07, 6.45) is 5.90. The van der Waals surface area contributed by atoms with Gasteiger partial charge < -0.3 is 5.32 Å². The van der Waals surface area contributed by atoms with Crippen molar-refractivity contribution in [1.82, 2.24) is 14.5 Å². The first-order chi connectivity index (χ1) is 13.2. The summed E-state index contributed by atoms with van der Waals surface area (Å²) in [4.78, 5) is 39.7. The molecule has 2 saturated heterocycles. The summed E-state index contributed by atoms with van der Waals surface area (Å²) in [7, 11) is -3.22. The van der Waals surface area contributed by atoms with Gasteiger partial charge in [0.1, 0.15) is 6.04 Å². The minimum atomic E-state index is -3.22. The van der Waals surface area contributed by atoms with Crippen molar-refractivity contribution in [2.45, 2.75) is 45.6 Å². The molecule has 3 atom stereocenters. The number of allylic oxidation sites excluding steroid dienone is 2. The minimum absolute atomic E-state index is 0.121. The third-order valence-corrected chi connectivity index (χ3v) is 7.67. The van der Waals surface area contributed by atoms with Gasteiger partial charge in [-0.25, -0.2) is 12.7 Å². The van der Waals surface area contributed by atoms with Crippen molar-refractivity contribution < 1.29 is 22.8 Å². The molecule has 0 aromatic carbocycles. The van der Waals surface area contributed by atoms with E-state index in [-0.39, 0.29) is 48.4 Å². The summed E-state index contributed by atoms with van der Waals surface area (Å²) < 4.78 is 25.1. The lowest BCUT2D eigenvalue weighted by Crippen LogP contribution is -2.51. The number of likely N-dealkylation sites (tertiary alicyclic amines) is 1. The summed E-state index contributed by atoms with van der Waals surface area (Å²) in [5.41, 5.74) is 0. The van der Waals surface area contributed by atoms with Crippen LogP contribution >= 0.6 is 0 Å². The van der Waals surface area contributed by atoms with Crippen molar-refractivity contribution >= 4 is 27.7 Å². The molecular formula is C19H29N3O5S. The monoisotopic (exact) mass is 411 g/mol. The van der Waals surface area contributed by atoms with E-state index in [0.717, 1.165) is 0 Å². The second-order valence-corrected chi connectivity index (χ2v) is 10.3. The molecule has 2 fully saturated rings. The van der Waals surface area contributed by atoms with Gasteiger partial charge in [0.15, 0.2) is 0 Å². The predicted octanol–water partition coefficient (Wildman–Crippen LogP) is 0.504.